The lowest BCUT2D eigenvalue weighted by Gasteiger charge is -2.12. The Labute approximate surface area is 155 Å². The second kappa shape index (κ2) is 8.13. The van der Waals surface area contributed by atoms with Crippen LogP contribution in [0.25, 0.3) is 11.3 Å². The topological polar surface area (TPSA) is 95.3 Å². The highest BCUT2D eigenvalue weighted by molar-refractivity contribution is 5.92. The molecular weight excluding hydrogens is 348 g/mol. The van der Waals surface area contributed by atoms with Gasteiger partial charge in [-0.05, 0) is 30.3 Å². The van der Waals surface area contributed by atoms with Crippen LogP contribution in [0.3, 0.4) is 0 Å². The first-order valence-electron chi connectivity index (χ1n) is 8.11. The van der Waals surface area contributed by atoms with Crippen molar-refractivity contribution < 1.29 is 14.3 Å². The average Bonchev–Trinajstić information content (AvgIpc) is 2.70. The second-order valence-electron chi connectivity index (χ2n) is 5.56. The average molecular weight is 366 g/mol. The molecule has 0 bridgehead atoms. The molecule has 0 aliphatic heterocycles. The summed E-state index contributed by atoms with van der Waals surface area (Å²) in [4.78, 5) is 28.4. The lowest BCUT2D eigenvalue weighted by atomic mass is 10.2. The third-order valence-electron chi connectivity index (χ3n) is 3.82. The van der Waals surface area contributed by atoms with Gasteiger partial charge in [0, 0.05) is 30.1 Å². The molecule has 0 saturated heterocycles. The lowest BCUT2D eigenvalue weighted by molar-refractivity contribution is -0.117. The number of benzene rings is 1. The lowest BCUT2D eigenvalue weighted by Crippen LogP contribution is -2.29. The minimum atomic E-state index is -0.403. The molecule has 0 fully saturated rings. The minimum absolute atomic E-state index is 0.229. The van der Waals surface area contributed by atoms with Crippen LogP contribution < -0.4 is 20.3 Å². The Morgan fingerprint density at radius 1 is 1.07 bits per heavy atom. The maximum Gasteiger partial charge on any atom is 0.267 e. The molecule has 138 valence electrons. The van der Waals surface area contributed by atoms with Crippen LogP contribution >= 0.6 is 0 Å². The number of carbonyl (C=O) groups excluding carboxylic acids is 1. The van der Waals surface area contributed by atoms with Crippen molar-refractivity contribution in [3.8, 4) is 22.8 Å². The maximum absolute atomic E-state index is 12.4. The van der Waals surface area contributed by atoms with Crippen molar-refractivity contribution in [2.24, 2.45) is 0 Å². The van der Waals surface area contributed by atoms with Gasteiger partial charge in [-0.25, -0.2) is 4.68 Å². The molecule has 2 aromatic heterocycles. The van der Waals surface area contributed by atoms with Crippen molar-refractivity contribution in [3.63, 3.8) is 0 Å². The van der Waals surface area contributed by atoms with Gasteiger partial charge < -0.3 is 14.8 Å². The normalized spacial score (nSPS) is 10.3. The zero-order valence-electron chi connectivity index (χ0n) is 14.9. The summed E-state index contributed by atoms with van der Waals surface area (Å²) < 4.78 is 11.5. The number of methoxy groups -OCH3 is 2. The van der Waals surface area contributed by atoms with E-state index in [0.29, 0.717) is 22.9 Å². The maximum atomic E-state index is 12.4. The predicted octanol–water partition coefficient (Wildman–Crippen LogP) is 1.96. The van der Waals surface area contributed by atoms with Gasteiger partial charge in [-0.2, -0.15) is 5.10 Å². The van der Waals surface area contributed by atoms with E-state index < -0.39 is 5.91 Å². The first kappa shape index (κ1) is 18.1. The fraction of sp³-hybridized carbons (Fsp3) is 0.158. The number of rotatable bonds is 6. The molecule has 1 N–H and O–H groups in total. The summed E-state index contributed by atoms with van der Waals surface area (Å²) in [6.07, 6.45) is 3.27. The molecular formula is C19H18N4O4. The molecule has 0 unspecified atom stereocenters. The van der Waals surface area contributed by atoms with Gasteiger partial charge in [-0.15, -0.1) is 0 Å². The molecule has 1 amide bonds. The van der Waals surface area contributed by atoms with Crippen molar-refractivity contribution >= 4 is 11.6 Å². The Bertz CT molecular complexity index is 1000. The van der Waals surface area contributed by atoms with Gasteiger partial charge in [0.25, 0.3) is 5.56 Å². The Morgan fingerprint density at radius 2 is 1.85 bits per heavy atom. The fourth-order valence-corrected chi connectivity index (χ4v) is 2.47. The first-order chi connectivity index (χ1) is 13.1. The van der Waals surface area contributed by atoms with Gasteiger partial charge >= 0.3 is 0 Å². The Hall–Kier alpha value is -3.68. The summed E-state index contributed by atoms with van der Waals surface area (Å²) >= 11 is 0. The number of nitrogens with one attached hydrogen (secondary N) is 1. The standard InChI is InChI=1S/C19H18N4O4/c1-26-14-3-4-16(17(11-14)27-2)21-18(24)12-23-19(25)6-5-15(22-23)13-7-9-20-10-8-13/h3-11H,12H2,1-2H3,(H,21,24). The number of hydrogen-bond donors (Lipinski definition) is 1. The van der Waals surface area contributed by atoms with Crippen molar-refractivity contribution in [1.29, 1.82) is 0 Å². The molecule has 3 rings (SSSR count). The minimum Gasteiger partial charge on any atom is -0.497 e. The molecule has 0 aliphatic rings. The van der Waals surface area contributed by atoms with E-state index >= 15 is 0 Å². The molecule has 8 nitrogen and oxygen atoms in total. The Morgan fingerprint density at radius 3 is 2.56 bits per heavy atom. The van der Waals surface area contributed by atoms with Crippen LogP contribution in [-0.2, 0) is 11.3 Å². The van der Waals surface area contributed by atoms with Gasteiger partial charge in [0.15, 0.2) is 0 Å². The van der Waals surface area contributed by atoms with Crippen LogP contribution in [0.4, 0.5) is 5.69 Å². The smallest absolute Gasteiger partial charge is 0.267 e. The zero-order chi connectivity index (χ0) is 19.2. The Balaban J connectivity index is 1.79. The predicted molar refractivity (Wildman–Crippen MR) is 99.9 cm³/mol. The van der Waals surface area contributed by atoms with Crippen LogP contribution in [-0.4, -0.2) is 34.9 Å². The molecule has 0 radical (unpaired) electrons. The molecule has 1 aromatic carbocycles. The summed E-state index contributed by atoms with van der Waals surface area (Å²) in [5.74, 6) is 0.654. The quantitative estimate of drug-likeness (QED) is 0.717. The van der Waals surface area contributed by atoms with Gasteiger partial charge in [0.05, 0.1) is 25.6 Å². The van der Waals surface area contributed by atoms with E-state index in [1.165, 1.54) is 13.2 Å². The van der Waals surface area contributed by atoms with E-state index in [4.69, 9.17) is 9.47 Å². The van der Waals surface area contributed by atoms with Gasteiger partial charge in [0.2, 0.25) is 5.91 Å². The SMILES string of the molecule is COc1ccc(NC(=O)Cn2nc(-c3ccncc3)ccc2=O)c(OC)c1. The molecule has 3 aromatic rings. The van der Waals surface area contributed by atoms with Gasteiger partial charge in [-0.1, -0.05) is 0 Å². The summed E-state index contributed by atoms with van der Waals surface area (Å²) in [5.41, 5.74) is 1.48. The van der Waals surface area contributed by atoms with Crippen LogP contribution in [0.5, 0.6) is 11.5 Å². The highest BCUT2D eigenvalue weighted by atomic mass is 16.5. The van der Waals surface area contributed by atoms with Crippen molar-refractivity contribution in [2.75, 3.05) is 19.5 Å². The third kappa shape index (κ3) is 4.30. The Kier molecular flexibility index (Phi) is 5.46. The van der Waals surface area contributed by atoms with Crippen LogP contribution in [0, 0.1) is 0 Å². The monoisotopic (exact) mass is 366 g/mol. The number of anilines is 1. The highest BCUT2D eigenvalue weighted by Gasteiger charge is 2.12. The van der Waals surface area contributed by atoms with E-state index in [1.807, 2.05) is 0 Å². The van der Waals surface area contributed by atoms with Crippen LogP contribution in [0.2, 0.25) is 0 Å². The zero-order valence-corrected chi connectivity index (χ0v) is 14.9. The second-order valence-corrected chi connectivity index (χ2v) is 5.56. The molecule has 0 aliphatic carbocycles. The van der Waals surface area contributed by atoms with E-state index in [0.717, 1.165) is 10.2 Å². The number of ether oxygens (including phenoxy) is 2. The molecule has 0 spiro atoms. The molecule has 8 heteroatoms. The summed E-state index contributed by atoms with van der Waals surface area (Å²) in [6.45, 7) is -0.229. The fourth-order valence-electron chi connectivity index (χ4n) is 2.47. The van der Waals surface area contributed by atoms with Crippen LogP contribution in [0.1, 0.15) is 0 Å². The van der Waals surface area contributed by atoms with Crippen LogP contribution in [0.15, 0.2) is 59.7 Å². The largest absolute Gasteiger partial charge is 0.497 e. The number of pyridine rings is 1. The number of hydrogen-bond acceptors (Lipinski definition) is 6. The first-order valence-corrected chi connectivity index (χ1v) is 8.11. The van der Waals surface area contributed by atoms with Crippen molar-refractivity contribution in [2.45, 2.75) is 6.54 Å². The third-order valence-corrected chi connectivity index (χ3v) is 3.82. The van der Waals surface area contributed by atoms with E-state index in [9.17, 15) is 9.59 Å². The summed E-state index contributed by atoms with van der Waals surface area (Å²) in [6, 6.07) is 11.6. The summed E-state index contributed by atoms with van der Waals surface area (Å²) in [5, 5.41) is 6.98. The molecule has 2 heterocycles. The van der Waals surface area contributed by atoms with E-state index in [-0.39, 0.29) is 12.1 Å². The van der Waals surface area contributed by atoms with Gasteiger partial charge in [-0.3, -0.25) is 14.6 Å². The van der Waals surface area contributed by atoms with E-state index in [2.05, 4.69) is 15.4 Å². The van der Waals surface area contributed by atoms with Crippen molar-refractivity contribution in [1.82, 2.24) is 14.8 Å². The number of aromatic nitrogens is 3. The molecule has 0 atom stereocenters. The number of nitrogens with zero attached hydrogens (tertiary/aromatic N) is 3. The van der Waals surface area contributed by atoms with E-state index in [1.54, 1.807) is 55.9 Å². The number of amides is 1. The molecule has 27 heavy (non-hydrogen) atoms. The van der Waals surface area contributed by atoms with Gasteiger partial charge in [0.1, 0.15) is 18.0 Å². The highest BCUT2D eigenvalue weighted by Crippen LogP contribution is 2.28. The molecule has 0 saturated carbocycles. The number of carbonyl (C=O) groups is 1. The van der Waals surface area contributed by atoms with Crippen molar-refractivity contribution in [3.05, 3.63) is 65.2 Å². The summed E-state index contributed by atoms with van der Waals surface area (Å²) in [7, 11) is 3.04.